The summed E-state index contributed by atoms with van der Waals surface area (Å²) >= 11 is 0. The van der Waals surface area contributed by atoms with E-state index in [1.807, 2.05) is 54.6 Å². The van der Waals surface area contributed by atoms with Gasteiger partial charge in [0.15, 0.2) is 0 Å². The van der Waals surface area contributed by atoms with Crippen LogP contribution >= 0.6 is 0 Å². The molecule has 6 rings (SSSR count). The van der Waals surface area contributed by atoms with E-state index in [1.54, 1.807) is 18.3 Å². The molecule has 0 saturated heterocycles. The topological polar surface area (TPSA) is 89.2 Å². The highest BCUT2D eigenvalue weighted by atomic mass is 16.4. The van der Waals surface area contributed by atoms with Crippen LogP contribution in [-0.4, -0.2) is 38.4 Å². The normalized spacial score (nSPS) is 13.3. The first-order valence-electron chi connectivity index (χ1n) is 10.7. The maximum Gasteiger partial charge on any atom is 0.261 e. The van der Waals surface area contributed by atoms with Crippen LogP contribution in [0, 0.1) is 0 Å². The van der Waals surface area contributed by atoms with Crippen molar-refractivity contribution in [1.29, 1.82) is 0 Å². The Morgan fingerprint density at radius 2 is 1.52 bits per heavy atom. The minimum atomic E-state index is -0.265. The quantitative estimate of drug-likeness (QED) is 0.374. The molecule has 7 nitrogen and oxygen atoms in total. The van der Waals surface area contributed by atoms with Gasteiger partial charge in [-0.2, -0.15) is 0 Å². The monoisotopic (exact) mass is 434 g/mol. The summed E-state index contributed by atoms with van der Waals surface area (Å²) in [7, 11) is 0. The molecule has 0 N–H and O–H groups in total. The molecule has 0 radical (unpaired) electrons. The third kappa shape index (κ3) is 3.17. The molecule has 0 bridgehead atoms. The van der Waals surface area contributed by atoms with Crippen molar-refractivity contribution in [3.8, 4) is 11.5 Å². The zero-order valence-electron chi connectivity index (χ0n) is 17.6. The molecule has 1 aliphatic rings. The highest BCUT2D eigenvalue weighted by molar-refractivity contribution is 6.25. The van der Waals surface area contributed by atoms with Gasteiger partial charge in [0, 0.05) is 46.6 Å². The summed E-state index contributed by atoms with van der Waals surface area (Å²) in [6, 6.07) is 20.7. The van der Waals surface area contributed by atoms with E-state index in [4.69, 9.17) is 4.42 Å². The first-order valence-corrected chi connectivity index (χ1v) is 10.7. The van der Waals surface area contributed by atoms with E-state index in [1.165, 1.54) is 4.90 Å². The Bertz CT molecular complexity index is 1500. The van der Waals surface area contributed by atoms with Gasteiger partial charge in [-0.3, -0.25) is 19.5 Å². The number of carbonyl (C=O) groups excluding carboxylic acids is 2. The number of aryl methyl sites for hydroxylation is 1. The molecule has 0 unspecified atom stereocenters. The number of aromatic nitrogens is 3. The molecule has 0 fully saturated rings. The molecule has 5 aromatic rings. The molecule has 0 saturated carbocycles. The third-order valence-electron chi connectivity index (χ3n) is 5.97. The fourth-order valence-corrected chi connectivity index (χ4v) is 4.43. The van der Waals surface area contributed by atoms with Crippen molar-refractivity contribution in [2.45, 2.75) is 12.8 Å². The smallest absolute Gasteiger partial charge is 0.261 e. The standard InChI is InChI=1S/C26H18N4O3/c31-25-19-9-1-6-16-7-2-10-20(23(16)19)26(32)30(25)15-5-13-22-28-29-24(33-22)18-8-3-12-21-17(18)11-4-14-27-21/h1-4,6-12,14H,5,13,15H2. The van der Waals surface area contributed by atoms with Gasteiger partial charge >= 0.3 is 0 Å². The first-order chi connectivity index (χ1) is 16.2. The lowest BCUT2D eigenvalue weighted by Gasteiger charge is -2.27. The van der Waals surface area contributed by atoms with Crippen molar-refractivity contribution < 1.29 is 14.0 Å². The lowest BCUT2D eigenvalue weighted by atomic mass is 9.94. The molecule has 1 aliphatic heterocycles. The Morgan fingerprint density at radius 1 is 0.788 bits per heavy atom. The van der Waals surface area contributed by atoms with Gasteiger partial charge in [0.25, 0.3) is 11.8 Å². The fourth-order valence-electron chi connectivity index (χ4n) is 4.43. The van der Waals surface area contributed by atoms with Crippen molar-refractivity contribution in [1.82, 2.24) is 20.1 Å². The van der Waals surface area contributed by atoms with Crippen LogP contribution in [0.25, 0.3) is 33.1 Å². The summed E-state index contributed by atoms with van der Waals surface area (Å²) in [5.74, 6) is 0.358. The number of carbonyl (C=O) groups is 2. The Balaban J connectivity index is 1.20. The number of hydrogen-bond donors (Lipinski definition) is 0. The fraction of sp³-hybridized carbons (Fsp3) is 0.115. The number of rotatable bonds is 5. The van der Waals surface area contributed by atoms with Crippen molar-refractivity contribution in [3.63, 3.8) is 0 Å². The Kier molecular flexibility index (Phi) is 4.47. The molecule has 0 spiro atoms. The van der Waals surface area contributed by atoms with Gasteiger partial charge in [-0.1, -0.05) is 36.4 Å². The van der Waals surface area contributed by atoms with Gasteiger partial charge in [-0.25, -0.2) is 0 Å². The van der Waals surface area contributed by atoms with Crippen LogP contribution in [0.3, 0.4) is 0 Å². The number of fused-ring (bicyclic) bond motifs is 1. The Morgan fingerprint density at radius 3 is 2.30 bits per heavy atom. The van der Waals surface area contributed by atoms with Gasteiger partial charge in [0.1, 0.15) is 0 Å². The van der Waals surface area contributed by atoms with Gasteiger partial charge in [0.05, 0.1) is 5.52 Å². The molecular formula is C26H18N4O3. The number of hydrogen-bond acceptors (Lipinski definition) is 6. The first kappa shape index (κ1) is 19.3. The largest absolute Gasteiger partial charge is 0.421 e. The summed E-state index contributed by atoms with van der Waals surface area (Å²) in [5, 5.41) is 10.9. The molecule has 0 aliphatic carbocycles. The maximum absolute atomic E-state index is 13.0. The van der Waals surface area contributed by atoms with E-state index >= 15 is 0 Å². The minimum Gasteiger partial charge on any atom is -0.421 e. The van der Waals surface area contributed by atoms with Gasteiger partial charge in [0.2, 0.25) is 11.8 Å². The van der Waals surface area contributed by atoms with Crippen LogP contribution in [0.1, 0.15) is 33.0 Å². The molecule has 3 aromatic carbocycles. The van der Waals surface area contributed by atoms with Crippen molar-refractivity contribution in [2.24, 2.45) is 0 Å². The molecule has 0 atom stereocenters. The van der Waals surface area contributed by atoms with Gasteiger partial charge in [-0.05, 0) is 42.1 Å². The molecule has 33 heavy (non-hydrogen) atoms. The zero-order chi connectivity index (χ0) is 22.4. The summed E-state index contributed by atoms with van der Waals surface area (Å²) < 4.78 is 5.89. The Hall–Kier alpha value is -4.39. The van der Waals surface area contributed by atoms with Crippen molar-refractivity contribution in [2.75, 3.05) is 6.54 Å². The molecular weight excluding hydrogens is 416 g/mol. The predicted molar refractivity (Wildman–Crippen MR) is 123 cm³/mol. The lowest BCUT2D eigenvalue weighted by molar-refractivity contribution is 0.0608. The average molecular weight is 434 g/mol. The SMILES string of the molecule is O=C1c2cccc3cccc(c23)C(=O)N1CCCc1nnc(-c2cccc3ncccc23)o1. The van der Waals surface area contributed by atoms with Crippen LogP contribution in [0.15, 0.2) is 77.3 Å². The van der Waals surface area contributed by atoms with Crippen LogP contribution < -0.4 is 0 Å². The summed E-state index contributed by atoms with van der Waals surface area (Å²) in [6.07, 6.45) is 2.72. The lowest BCUT2D eigenvalue weighted by Crippen LogP contribution is -2.41. The van der Waals surface area contributed by atoms with E-state index in [-0.39, 0.29) is 18.4 Å². The van der Waals surface area contributed by atoms with E-state index in [9.17, 15) is 9.59 Å². The molecule has 160 valence electrons. The average Bonchev–Trinajstić information content (AvgIpc) is 3.33. The van der Waals surface area contributed by atoms with Crippen molar-refractivity contribution in [3.05, 3.63) is 89.9 Å². The zero-order valence-corrected chi connectivity index (χ0v) is 17.6. The van der Waals surface area contributed by atoms with Crippen LogP contribution in [0.5, 0.6) is 0 Å². The van der Waals surface area contributed by atoms with E-state index in [0.29, 0.717) is 35.7 Å². The number of nitrogens with zero attached hydrogens (tertiary/aromatic N) is 4. The van der Waals surface area contributed by atoms with Crippen LogP contribution in [-0.2, 0) is 6.42 Å². The highest BCUT2D eigenvalue weighted by Gasteiger charge is 2.32. The predicted octanol–water partition coefficient (Wildman–Crippen LogP) is 4.67. The van der Waals surface area contributed by atoms with E-state index in [0.717, 1.165) is 27.2 Å². The molecule has 7 heteroatoms. The number of imide groups is 1. The van der Waals surface area contributed by atoms with Gasteiger partial charge in [-0.15, -0.1) is 10.2 Å². The third-order valence-corrected chi connectivity index (χ3v) is 5.97. The second kappa shape index (κ2) is 7.63. The Labute approximate surface area is 188 Å². The summed E-state index contributed by atoms with van der Waals surface area (Å²) in [6.45, 7) is 0.276. The minimum absolute atomic E-state index is 0.265. The number of pyridine rings is 1. The van der Waals surface area contributed by atoms with Crippen LogP contribution in [0.2, 0.25) is 0 Å². The second-order valence-corrected chi connectivity index (χ2v) is 7.95. The van der Waals surface area contributed by atoms with Crippen LogP contribution in [0.4, 0.5) is 0 Å². The second-order valence-electron chi connectivity index (χ2n) is 7.95. The van der Waals surface area contributed by atoms with Crippen molar-refractivity contribution >= 4 is 33.5 Å². The van der Waals surface area contributed by atoms with E-state index in [2.05, 4.69) is 15.2 Å². The summed E-state index contributed by atoms with van der Waals surface area (Å²) in [5.41, 5.74) is 2.80. The summed E-state index contributed by atoms with van der Waals surface area (Å²) in [4.78, 5) is 31.7. The molecule has 3 heterocycles. The molecule has 2 aromatic heterocycles. The highest BCUT2D eigenvalue weighted by Crippen LogP contribution is 2.30. The van der Waals surface area contributed by atoms with Gasteiger partial charge < -0.3 is 4.42 Å². The maximum atomic E-state index is 13.0. The molecule has 2 amide bonds. The number of amides is 2. The number of benzene rings is 3. The van der Waals surface area contributed by atoms with E-state index < -0.39 is 0 Å².